The number of benzene rings is 2. The Bertz CT molecular complexity index is 1090. The van der Waals surface area contributed by atoms with E-state index in [1.165, 1.54) is 33.1 Å². The molecule has 2 nitrogen and oxygen atoms in total. The normalized spacial score (nSPS) is 26.7. The van der Waals surface area contributed by atoms with Crippen molar-refractivity contribution in [2.45, 2.75) is 23.8 Å². The number of hydrogen-bond acceptors (Lipinski definition) is 2. The second-order valence-corrected chi connectivity index (χ2v) is 8.04. The molecule has 2 aliphatic heterocycles. The van der Waals surface area contributed by atoms with Gasteiger partial charge in [0.2, 0.25) is 0 Å². The van der Waals surface area contributed by atoms with Gasteiger partial charge in [-0.25, -0.2) is 0 Å². The van der Waals surface area contributed by atoms with Crippen molar-refractivity contribution in [2.24, 2.45) is 0 Å². The summed E-state index contributed by atoms with van der Waals surface area (Å²) in [7, 11) is 0. The van der Waals surface area contributed by atoms with E-state index in [2.05, 4.69) is 82.1 Å². The molecule has 3 heteroatoms. The number of H-pyrrole nitrogens is 1. The molecular formula is C22H18N2S. The summed E-state index contributed by atoms with van der Waals surface area (Å²) in [4.78, 5) is 6.34. The number of thioether (sulfide) groups is 1. The molecule has 1 N–H and O–H groups in total. The molecule has 0 saturated heterocycles. The number of anilines is 1. The molecule has 3 aliphatic rings. The summed E-state index contributed by atoms with van der Waals surface area (Å²) >= 11 is 1.96. The van der Waals surface area contributed by atoms with Gasteiger partial charge in [-0.3, -0.25) is 0 Å². The van der Waals surface area contributed by atoms with Gasteiger partial charge in [0, 0.05) is 27.5 Å². The Morgan fingerprint density at radius 1 is 1.00 bits per heavy atom. The van der Waals surface area contributed by atoms with Gasteiger partial charge in [0.25, 0.3) is 0 Å². The molecule has 0 fully saturated rings. The van der Waals surface area contributed by atoms with E-state index in [1.807, 2.05) is 11.8 Å². The van der Waals surface area contributed by atoms with Crippen LogP contribution in [0, 0.1) is 0 Å². The monoisotopic (exact) mass is 342 g/mol. The fraction of sp³-hybridized carbons (Fsp3) is 0.182. The first-order valence-corrected chi connectivity index (χ1v) is 9.83. The highest BCUT2D eigenvalue weighted by Gasteiger charge is 2.43. The van der Waals surface area contributed by atoms with Crippen LogP contribution in [-0.4, -0.2) is 17.1 Å². The molecule has 3 unspecified atom stereocenters. The number of hydrogen-bond donors (Lipinski definition) is 1. The molecule has 0 amide bonds. The van der Waals surface area contributed by atoms with E-state index in [4.69, 9.17) is 0 Å². The molecule has 3 heterocycles. The van der Waals surface area contributed by atoms with Crippen LogP contribution in [-0.2, 0) is 0 Å². The minimum absolute atomic E-state index is 0.448. The van der Waals surface area contributed by atoms with Crippen LogP contribution in [0.25, 0.3) is 21.8 Å². The maximum atomic E-state index is 3.71. The minimum Gasteiger partial charge on any atom is -0.356 e. The van der Waals surface area contributed by atoms with Crippen molar-refractivity contribution in [1.29, 1.82) is 0 Å². The predicted octanol–water partition coefficient (Wildman–Crippen LogP) is 5.70. The van der Waals surface area contributed by atoms with Crippen LogP contribution in [0.2, 0.25) is 0 Å². The van der Waals surface area contributed by atoms with Crippen LogP contribution in [0.3, 0.4) is 0 Å². The van der Waals surface area contributed by atoms with Crippen molar-refractivity contribution >= 4 is 39.3 Å². The lowest BCUT2D eigenvalue weighted by Gasteiger charge is -2.33. The third-order valence-corrected chi connectivity index (χ3v) is 6.83. The number of nitrogens with one attached hydrogen (secondary N) is 1. The number of fused-ring (bicyclic) bond motifs is 7. The van der Waals surface area contributed by atoms with Crippen LogP contribution in [0.15, 0.2) is 72.2 Å². The standard InChI is InChI=1S/C22H18N2S/c1-2-6-14(7-3-1)24-18-11-10-16-15-8-4-5-9-17(15)23-21(16)20(18)22-19(24)12-13-25-22/h1-6,8-14,19,22-23H,7H2. The molecule has 25 heavy (non-hydrogen) atoms. The molecule has 1 aliphatic carbocycles. The summed E-state index contributed by atoms with van der Waals surface area (Å²) in [5.41, 5.74) is 5.44. The maximum absolute atomic E-state index is 3.71. The molecule has 0 spiro atoms. The van der Waals surface area contributed by atoms with E-state index in [1.54, 1.807) is 0 Å². The van der Waals surface area contributed by atoms with Crippen molar-refractivity contribution in [3.8, 4) is 0 Å². The first kappa shape index (κ1) is 13.9. The molecule has 0 saturated carbocycles. The topological polar surface area (TPSA) is 19.0 Å². The van der Waals surface area contributed by atoms with Gasteiger partial charge in [-0.2, -0.15) is 0 Å². The van der Waals surface area contributed by atoms with Crippen LogP contribution in [0.5, 0.6) is 0 Å². The molecule has 1 aromatic heterocycles. The third kappa shape index (κ3) is 1.82. The Balaban J connectivity index is 1.62. The summed E-state index contributed by atoms with van der Waals surface area (Å²) in [5, 5.41) is 5.45. The molecule has 3 atom stereocenters. The van der Waals surface area contributed by atoms with Crippen LogP contribution in [0.1, 0.15) is 17.2 Å². The zero-order valence-electron chi connectivity index (χ0n) is 13.7. The van der Waals surface area contributed by atoms with Crippen molar-refractivity contribution in [3.63, 3.8) is 0 Å². The van der Waals surface area contributed by atoms with E-state index >= 15 is 0 Å². The van der Waals surface area contributed by atoms with Gasteiger partial charge in [0.05, 0.1) is 22.9 Å². The quantitative estimate of drug-likeness (QED) is 0.612. The minimum atomic E-state index is 0.448. The lowest BCUT2D eigenvalue weighted by Crippen LogP contribution is -2.39. The predicted molar refractivity (Wildman–Crippen MR) is 108 cm³/mol. The number of para-hydroxylation sites is 1. The molecule has 2 aromatic carbocycles. The first-order chi connectivity index (χ1) is 12.4. The van der Waals surface area contributed by atoms with E-state index in [9.17, 15) is 0 Å². The molecule has 0 radical (unpaired) electrons. The molecular weight excluding hydrogens is 324 g/mol. The maximum Gasteiger partial charge on any atom is 0.0652 e. The summed E-state index contributed by atoms with van der Waals surface area (Å²) in [6.07, 6.45) is 12.4. The van der Waals surface area contributed by atoms with Crippen molar-refractivity contribution in [2.75, 3.05) is 4.90 Å². The summed E-state index contributed by atoms with van der Waals surface area (Å²) in [6.45, 7) is 0. The smallest absolute Gasteiger partial charge is 0.0652 e. The van der Waals surface area contributed by atoms with Gasteiger partial charge in [-0.1, -0.05) is 54.6 Å². The third-order valence-electron chi connectivity index (χ3n) is 5.71. The lowest BCUT2D eigenvalue weighted by atomic mass is 10.0. The van der Waals surface area contributed by atoms with Crippen LogP contribution in [0.4, 0.5) is 5.69 Å². The average Bonchev–Trinajstić information content (AvgIpc) is 3.33. The Labute approximate surface area is 150 Å². The number of nitrogens with zero attached hydrogens (tertiary/aromatic N) is 1. The summed E-state index contributed by atoms with van der Waals surface area (Å²) in [5.74, 6) is 0. The number of aromatic amines is 1. The van der Waals surface area contributed by atoms with Gasteiger partial charge in [-0.15, -0.1) is 11.8 Å². The Morgan fingerprint density at radius 2 is 1.96 bits per heavy atom. The van der Waals surface area contributed by atoms with Crippen molar-refractivity contribution in [3.05, 3.63) is 77.7 Å². The highest BCUT2D eigenvalue weighted by atomic mass is 32.2. The zero-order valence-corrected chi connectivity index (χ0v) is 14.5. The van der Waals surface area contributed by atoms with Crippen LogP contribution >= 0.6 is 11.8 Å². The molecule has 6 rings (SSSR count). The molecule has 3 aromatic rings. The van der Waals surface area contributed by atoms with Gasteiger partial charge >= 0.3 is 0 Å². The number of allylic oxidation sites excluding steroid dienone is 2. The second-order valence-electron chi connectivity index (χ2n) is 6.99. The number of aromatic nitrogens is 1. The lowest BCUT2D eigenvalue weighted by molar-refractivity contribution is 0.645. The van der Waals surface area contributed by atoms with Gasteiger partial charge < -0.3 is 9.88 Å². The average molecular weight is 342 g/mol. The number of rotatable bonds is 1. The SMILES string of the molecule is C1=CCC(N2c3ccc4c([nH]c5ccccc54)c3C3SC=CC32)C=C1. The Kier molecular flexibility index (Phi) is 2.80. The Morgan fingerprint density at radius 3 is 2.88 bits per heavy atom. The fourth-order valence-corrected chi connectivity index (χ4v) is 5.82. The highest BCUT2D eigenvalue weighted by Crippen LogP contribution is 2.55. The molecule has 122 valence electrons. The largest absolute Gasteiger partial charge is 0.356 e. The highest BCUT2D eigenvalue weighted by molar-refractivity contribution is 8.02. The van der Waals surface area contributed by atoms with E-state index < -0.39 is 0 Å². The summed E-state index contributed by atoms with van der Waals surface area (Å²) < 4.78 is 0. The van der Waals surface area contributed by atoms with Crippen molar-refractivity contribution in [1.82, 2.24) is 4.98 Å². The van der Waals surface area contributed by atoms with E-state index in [0.29, 0.717) is 17.3 Å². The van der Waals surface area contributed by atoms with Gasteiger partial charge in [0.15, 0.2) is 0 Å². The zero-order chi connectivity index (χ0) is 16.4. The van der Waals surface area contributed by atoms with Crippen molar-refractivity contribution < 1.29 is 0 Å². The van der Waals surface area contributed by atoms with Gasteiger partial charge in [-0.05, 0) is 24.0 Å². The first-order valence-electron chi connectivity index (χ1n) is 8.89. The molecule has 0 bridgehead atoms. The summed E-state index contributed by atoms with van der Waals surface area (Å²) in [6, 6.07) is 14.2. The van der Waals surface area contributed by atoms with E-state index in [0.717, 1.165) is 6.42 Å². The Hall–Kier alpha value is -2.39. The second kappa shape index (κ2) is 5.06. The fourth-order valence-electron chi connectivity index (χ4n) is 4.65. The van der Waals surface area contributed by atoms with Gasteiger partial charge in [0.1, 0.15) is 0 Å². The van der Waals surface area contributed by atoms with Crippen LogP contribution < -0.4 is 4.90 Å². The van der Waals surface area contributed by atoms with E-state index in [-0.39, 0.29) is 0 Å².